The van der Waals surface area contributed by atoms with Crippen LogP contribution >= 0.6 is 0 Å². The second-order valence-corrected chi connectivity index (χ2v) is 2.64. The number of carbonyl (C=O) groups is 1. The van der Waals surface area contributed by atoms with E-state index >= 15 is 0 Å². The van der Waals surface area contributed by atoms with Gasteiger partial charge >= 0.3 is 5.97 Å². The fraction of sp³-hybridized carbons (Fsp3) is 0.125. The molecule has 0 saturated carbocycles. The van der Waals surface area contributed by atoms with Crippen LogP contribution in [0.15, 0.2) is 18.2 Å². The number of hydrogen-bond donors (Lipinski definition) is 2. The molecule has 0 bridgehead atoms. The SMILES string of the molecule is O=C(O)c1ccc(C[N+](=O)[O-])c(O)c1. The van der Waals surface area contributed by atoms with Crippen LogP contribution in [0.2, 0.25) is 0 Å². The molecule has 0 aliphatic carbocycles. The van der Waals surface area contributed by atoms with E-state index < -0.39 is 17.4 Å². The van der Waals surface area contributed by atoms with Gasteiger partial charge in [-0.25, -0.2) is 4.79 Å². The first-order valence-corrected chi connectivity index (χ1v) is 3.67. The van der Waals surface area contributed by atoms with Gasteiger partial charge in [0.15, 0.2) is 0 Å². The predicted molar refractivity (Wildman–Crippen MR) is 45.8 cm³/mol. The zero-order valence-electron chi connectivity index (χ0n) is 7.01. The Morgan fingerprint density at radius 2 is 2.14 bits per heavy atom. The normalized spacial score (nSPS) is 9.71. The minimum absolute atomic E-state index is 0.0972. The fourth-order valence-corrected chi connectivity index (χ4v) is 0.970. The summed E-state index contributed by atoms with van der Waals surface area (Å²) in [4.78, 5) is 20.0. The van der Waals surface area contributed by atoms with Gasteiger partial charge in [0, 0.05) is 4.92 Å². The number of hydrogen-bond acceptors (Lipinski definition) is 4. The van der Waals surface area contributed by atoms with E-state index in [0.29, 0.717) is 0 Å². The molecule has 0 fully saturated rings. The molecule has 1 aromatic carbocycles. The largest absolute Gasteiger partial charge is 0.507 e. The van der Waals surface area contributed by atoms with Crippen LogP contribution < -0.4 is 0 Å². The number of phenolic OH excluding ortho intramolecular Hbond substituents is 1. The number of benzene rings is 1. The van der Waals surface area contributed by atoms with Crippen LogP contribution in [0.3, 0.4) is 0 Å². The molecular weight excluding hydrogens is 190 g/mol. The summed E-state index contributed by atoms with van der Waals surface area (Å²) in [7, 11) is 0. The number of carboxylic acids is 1. The van der Waals surface area contributed by atoms with Crippen molar-refractivity contribution in [3.05, 3.63) is 39.4 Å². The summed E-state index contributed by atoms with van der Waals surface area (Å²) in [6.45, 7) is -0.522. The van der Waals surface area contributed by atoms with Gasteiger partial charge in [0.25, 0.3) is 0 Å². The monoisotopic (exact) mass is 197 g/mol. The third-order valence-electron chi connectivity index (χ3n) is 1.63. The second-order valence-electron chi connectivity index (χ2n) is 2.64. The Kier molecular flexibility index (Phi) is 2.66. The molecule has 6 nitrogen and oxygen atoms in total. The molecule has 0 saturated heterocycles. The average molecular weight is 197 g/mol. The maximum Gasteiger partial charge on any atom is 0.335 e. The van der Waals surface area contributed by atoms with Gasteiger partial charge in [-0.05, 0) is 18.2 Å². The van der Waals surface area contributed by atoms with E-state index in [1.54, 1.807) is 0 Å². The first kappa shape index (κ1) is 9.97. The molecule has 1 rings (SSSR count). The van der Waals surface area contributed by atoms with Crippen molar-refractivity contribution in [3.8, 4) is 5.75 Å². The van der Waals surface area contributed by atoms with Crippen LogP contribution in [0.5, 0.6) is 5.75 Å². The van der Waals surface area contributed by atoms with Gasteiger partial charge in [-0.3, -0.25) is 10.1 Å². The van der Waals surface area contributed by atoms with Crippen molar-refractivity contribution in [1.29, 1.82) is 0 Å². The molecule has 6 heteroatoms. The van der Waals surface area contributed by atoms with Crippen LogP contribution in [0.4, 0.5) is 0 Å². The number of phenols is 1. The number of nitrogens with zero attached hydrogens (tertiary/aromatic N) is 1. The van der Waals surface area contributed by atoms with Crippen molar-refractivity contribution < 1.29 is 19.9 Å². The number of aromatic hydroxyl groups is 1. The summed E-state index contributed by atoms with van der Waals surface area (Å²) in [5, 5.41) is 27.9. The van der Waals surface area contributed by atoms with Crippen LogP contribution in [-0.4, -0.2) is 21.1 Å². The summed E-state index contributed by atoms with van der Waals surface area (Å²) >= 11 is 0. The maximum atomic E-state index is 10.4. The molecule has 0 aliphatic heterocycles. The van der Waals surface area contributed by atoms with Crippen LogP contribution in [0.25, 0.3) is 0 Å². The number of aromatic carboxylic acids is 1. The molecule has 0 amide bonds. The van der Waals surface area contributed by atoms with E-state index in [1.165, 1.54) is 12.1 Å². The van der Waals surface area contributed by atoms with E-state index in [2.05, 4.69) is 0 Å². The first-order chi connectivity index (χ1) is 6.50. The number of nitro groups is 1. The molecule has 0 aromatic heterocycles. The van der Waals surface area contributed by atoms with E-state index in [1.807, 2.05) is 0 Å². The Hall–Kier alpha value is -2.11. The lowest BCUT2D eigenvalue weighted by molar-refractivity contribution is -0.496. The van der Waals surface area contributed by atoms with Crippen molar-refractivity contribution in [2.75, 3.05) is 0 Å². The molecule has 0 unspecified atom stereocenters. The first-order valence-electron chi connectivity index (χ1n) is 3.67. The van der Waals surface area contributed by atoms with E-state index in [4.69, 9.17) is 5.11 Å². The van der Waals surface area contributed by atoms with Crippen molar-refractivity contribution in [2.24, 2.45) is 0 Å². The van der Waals surface area contributed by atoms with Gasteiger partial charge in [0.05, 0.1) is 11.1 Å². The highest BCUT2D eigenvalue weighted by Gasteiger charge is 2.10. The minimum Gasteiger partial charge on any atom is -0.507 e. The number of rotatable bonds is 3. The molecule has 0 atom stereocenters. The van der Waals surface area contributed by atoms with Gasteiger partial charge in [0.1, 0.15) is 5.75 Å². The smallest absolute Gasteiger partial charge is 0.335 e. The molecular formula is C8H7NO5. The lowest BCUT2D eigenvalue weighted by Crippen LogP contribution is -2.01. The Balaban J connectivity index is 3.01. The van der Waals surface area contributed by atoms with Gasteiger partial charge in [0.2, 0.25) is 6.54 Å². The molecule has 0 heterocycles. The average Bonchev–Trinajstić information content (AvgIpc) is 2.07. The fourth-order valence-electron chi connectivity index (χ4n) is 0.970. The van der Waals surface area contributed by atoms with Crippen LogP contribution in [-0.2, 0) is 6.54 Å². The Morgan fingerprint density at radius 1 is 1.50 bits per heavy atom. The highest BCUT2D eigenvalue weighted by molar-refractivity contribution is 5.88. The Morgan fingerprint density at radius 3 is 2.57 bits per heavy atom. The summed E-state index contributed by atoms with van der Waals surface area (Å²) < 4.78 is 0. The van der Waals surface area contributed by atoms with Crippen molar-refractivity contribution >= 4 is 5.97 Å². The quantitative estimate of drug-likeness (QED) is 0.553. The Bertz CT molecular complexity index is 387. The zero-order valence-corrected chi connectivity index (χ0v) is 7.01. The lowest BCUT2D eigenvalue weighted by atomic mass is 10.1. The Labute approximate surface area is 78.6 Å². The van der Waals surface area contributed by atoms with Crippen molar-refractivity contribution in [2.45, 2.75) is 6.54 Å². The third-order valence-corrected chi connectivity index (χ3v) is 1.63. The lowest BCUT2D eigenvalue weighted by Gasteiger charge is -2.00. The predicted octanol–water partition coefficient (Wildman–Crippen LogP) is 0.867. The number of carboxylic acid groups (broad SMARTS) is 1. The maximum absolute atomic E-state index is 10.4. The van der Waals surface area contributed by atoms with Gasteiger partial charge in [-0.2, -0.15) is 0 Å². The van der Waals surface area contributed by atoms with E-state index in [-0.39, 0.29) is 16.9 Å². The molecule has 0 spiro atoms. The van der Waals surface area contributed by atoms with E-state index in [0.717, 1.165) is 6.07 Å². The summed E-state index contributed by atoms with van der Waals surface area (Å²) in [5.41, 5.74) is -0.00500. The summed E-state index contributed by atoms with van der Waals surface area (Å²) in [5.74, 6) is -1.56. The third kappa shape index (κ3) is 2.19. The van der Waals surface area contributed by atoms with Crippen LogP contribution in [0.1, 0.15) is 15.9 Å². The highest BCUT2D eigenvalue weighted by atomic mass is 16.6. The zero-order chi connectivity index (χ0) is 10.7. The summed E-state index contributed by atoms with van der Waals surface area (Å²) in [6.07, 6.45) is 0. The van der Waals surface area contributed by atoms with Crippen molar-refractivity contribution in [1.82, 2.24) is 0 Å². The molecule has 1 aromatic rings. The van der Waals surface area contributed by atoms with Crippen molar-refractivity contribution in [3.63, 3.8) is 0 Å². The van der Waals surface area contributed by atoms with Crippen LogP contribution in [0, 0.1) is 10.1 Å². The van der Waals surface area contributed by atoms with Gasteiger partial charge in [-0.15, -0.1) is 0 Å². The summed E-state index contributed by atoms with van der Waals surface area (Å²) in [6, 6.07) is 3.42. The van der Waals surface area contributed by atoms with E-state index in [9.17, 15) is 20.0 Å². The molecule has 0 aliphatic rings. The molecule has 74 valence electrons. The molecule has 2 N–H and O–H groups in total. The topological polar surface area (TPSA) is 101 Å². The second kappa shape index (κ2) is 3.73. The van der Waals surface area contributed by atoms with Gasteiger partial charge in [-0.1, -0.05) is 0 Å². The molecule has 0 radical (unpaired) electrons. The van der Waals surface area contributed by atoms with Gasteiger partial charge < -0.3 is 10.2 Å². The standard InChI is InChI=1S/C8H7NO5/c10-7-3-5(8(11)12)1-2-6(7)4-9(13)14/h1-3,10H,4H2,(H,11,12). The highest BCUT2D eigenvalue weighted by Crippen LogP contribution is 2.19. The minimum atomic E-state index is -1.19. The molecule has 14 heavy (non-hydrogen) atoms.